The number of aromatic nitrogens is 2. The predicted octanol–water partition coefficient (Wildman–Crippen LogP) is 4.51. The molecule has 4 rings (SSSR count). The molecule has 2 heterocycles. The molecule has 0 saturated heterocycles. The minimum absolute atomic E-state index is 0.00970. The third-order valence-electron chi connectivity index (χ3n) is 4.93. The van der Waals surface area contributed by atoms with Gasteiger partial charge in [0.05, 0.1) is 4.90 Å². The molecule has 0 radical (unpaired) electrons. The second-order valence-electron chi connectivity index (χ2n) is 7.61. The first-order valence-electron chi connectivity index (χ1n) is 9.89. The summed E-state index contributed by atoms with van der Waals surface area (Å²) in [6, 6.07) is 13.3. The van der Waals surface area contributed by atoms with Crippen molar-refractivity contribution in [2.75, 3.05) is 10.0 Å². The highest BCUT2D eigenvalue weighted by molar-refractivity contribution is 7.92. The Labute approximate surface area is 185 Å². The van der Waals surface area contributed by atoms with Gasteiger partial charge in [0.15, 0.2) is 5.76 Å². The summed E-state index contributed by atoms with van der Waals surface area (Å²) in [5.41, 5.74) is 4.21. The maximum Gasteiger partial charge on any atom is 0.291 e. The Morgan fingerprint density at radius 3 is 2.22 bits per heavy atom. The minimum Gasteiger partial charge on any atom is -0.451 e. The van der Waals surface area contributed by atoms with Crippen LogP contribution in [0.4, 0.5) is 11.6 Å². The summed E-state index contributed by atoms with van der Waals surface area (Å²) in [4.78, 5) is 20.9. The van der Waals surface area contributed by atoms with Gasteiger partial charge in [0.2, 0.25) is 5.95 Å². The standard InChI is InChI=1S/C23H22N4O4S/c1-13-5-10-20-19(11-13)16(4)21(31-20)22(28)26-17-6-8-18(9-7-17)32(29,30)27-23-24-14(2)12-15(3)25-23/h5-12H,1-4H3,(H,26,28)(H,24,25,27). The Morgan fingerprint density at radius 2 is 1.56 bits per heavy atom. The van der Waals surface area contributed by atoms with E-state index in [2.05, 4.69) is 20.0 Å². The van der Waals surface area contributed by atoms with Gasteiger partial charge in [0.1, 0.15) is 5.58 Å². The van der Waals surface area contributed by atoms with Gasteiger partial charge in [0, 0.05) is 28.0 Å². The summed E-state index contributed by atoms with van der Waals surface area (Å²) in [7, 11) is -3.88. The molecule has 0 bridgehead atoms. The van der Waals surface area contributed by atoms with Crippen LogP contribution in [0.25, 0.3) is 11.0 Å². The fraction of sp³-hybridized carbons (Fsp3) is 0.174. The zero-order chi connectivity index (χ0) is 23.0. The zero-order valence-corrected chi connectivity index (χ0v) is 18.9. The molecule has 0 fully saturated rings. The Balaban J connectivity index is 1.52. The summed E-state index contributed by atoms with van der Waals surface area (Å²) in [5, 5.41) is 3.63. The van der Waals surface area contributed by atoms with Crippen LogP contribution in [0.5, 0.6) is 0 Å². The van der Waals surface area contributed by atoms with E-state index in [1.54, 1.807) is 19.9 Å². The van der Waals surface area contributed by atoms with Crippen LogP contribution < -0.4 is 10.0 Å². The second kappa shape index (κ2) is 8.08. The van der Waals surface area contributed by atoms with Gasteiger partial charge in [-0.3, -0.25) is 4.79 Å². The number of amides is 1. The van der Waals surface area contributed by atoms with Crippen LogP contribution in [0.2, 0.25) is 0 Å². The third kappa shape index (κ3) is 4.33. The highest BCUT2D eigenvalue weighted by atomic mass is 32.2. The molecule has 0 atom stereocenters. The number of hydrogen-bond acceptors (Lipinski definition) is 6. The van der Waals surface area contributed by atoms with Gasteiger partial charge in [-0.2, -0.15) is 0 Å². The Bertz CT molecular complexity index is 1420. The van der Waals surface area contributed by atoms with E-state index in [0.29, 0.717) is 22.7 Å². The van der Waals surface area contributed by atoms with Gasteiger partial charge in [-0.05, 0) is 70.2 Å². The van der Waals surface area contributed by atoms with Gasteiger partial charge in [0.25, 0.3) is 15.9 Å². The number of rotatable bonds is 5. The molecule has 0 aliphatic heterocycles. The van der Waals surface area contributed by atoms with Gasteiger partial charge in [-0.15, -0.1) is 0 Å². The average molecular weight is 451 g/mol. The predicted molar refractivity (Wildman–Crippen MR) is 122 cm³/mol. The number of carbonyl (C=O) groups is 1. The molecular weight excluding hydrogens is 428 g/mol. The lowest BCUT2D eigenvalue weighted by Gasteiger charge is -2.09. The van der Waals surface area contributed by atoms with Crippen LogP contribution in [-0.2, 0) is 10.0 Å². The average Bonchev–Trinajstić information content (AvgIpc) is 3.03. The van der Waals surface area contributed by atoms with Crippen molar-refractivity contribution in [2.24, 2.45) is 0 Å². The second-order valence-corrected chi connectivity index (χ2v) is 9.30. The number of carbonyl (C=O) groups excluding carboxylic acids is 1. The quantitative estimate of drug-likeness (QED) is 0.462. The van der Waals surface area contributed by atoms with Gasteiger partial charge in [-0.1, -0.05) is 11.6 Å². The molecule has 0 saturated carbocycles. The number of furan rings is 1. The minimum atomic E-state index is -3.88. The molecule has 2 N–H and O–H groups in total. The molecule has 164 valence electrons. The molecule has 1 amide bonds. The molecule has 0 aliphatic rings. The molecule has 32 heavy (non-hydrogen) atoms. The van der Waals surface area contributed by atoms with Crippen molar-refractivity contribution in [3.05, 3.63) is 76.8 Å². The number of benzene rings is 2. The number of anilines is 2. The fourth-order valence-corrected chi connectivity index (χ4v) is 4.35. The number of nitrogens with zero attached hydrogens (tertiary/aromatic N) is 2. The Kier molecular flexibility index (Phi) is 5.43. The number of nitrogens with one attached hydrogen (secondary N) is 2. The largest absolute Gasteiger partial charge is 0.451 e. The van der Waals surface area contributed by atoms with Crippen LogP contribution in [0.3, 0.4) is 0 Å². The van der Waals surface area contributed by atoms with Crippen LogP contribution in [0.1, 0.15) is 33.1 Å². The van der Waals surface area contributed by atoms with E-state index in [9.17, 15) is 13.2 Å². The Hall–Kier alpha value is -3.72. The number of aryl methyl sites for hydroxylation is 4. The fourth-order valence-electron chi connectivity index (χ4n) is 3.41. The molecule has 9 heteroatoms. The van der Waals surface area contributed by atoms with Crippen molar-refractivity contribution in [3.63, 3.8) is 0 Å². The van der Waals surface area contributed by atoms with Crippen molar-refractivity contribution in [2.45, 2.75) is 32.6 Å². The highest BCUT2D eigenvalue weighted by Gasteiger charge is 2.19. The SMILES string of the molecule is Cc1ccc2oc(C(=O)Nc3ccc(S(=O)(=O)Nc4nc(C)cc(C)n4)cc3)c(C)c2c1. The van der Waals surface area contributed by atoms with Crippen molar-refractivity contribution >= 4 is 38.5 Å². The molecule has 0 spiro atoms. The van der Waals surface area contributed by atoms with Crippen molar-refractivity contribution in [1.82, 2.24) is 9.97 Å². The lowest BCUT2D eigenvalue weighted by Crippen LogP contribution is -2.16. The summed E-state index contributed by atoms with van der Waals surface area (Å²) in [5.74, 6) is -0.180. The van der Waals surface area contributed by atoms with Crippen LogP contribution >= 0.6 is 0 Å². The van der Waals surface area contributed by atoms with E-state index in [0.717, 1.165) is 16.5 Å². The molecule has 2 aromatic carbocycles. The van der Waals surface area contributed by atoms with Gasteiger partial charge in [-0.25, -0.2) is 23.1 Å². The van der Waals surface area contributed by atoms with Crippen molar-refractivity contribution in [1.29, 1.82) is 0 Å². The summed E-state index contributed by atoms with van der Waals surface area (Å²) in [6.45, 7) is 7.32. The molecular formula is C23H22N4O4S. The van der Waals surface area contributed by atoms with Crippen molar-refractivity contribution < 1.29 is 17.6 Å². The lowest BCUT2D eigenvalue weighted by molar-refractivity contribution is 0.0998. The van der Waals surface area contributed by atoms with E-state index in [-0.39, 0.29) is 16.6 Å². The molecule has 4 aromatic rings. The first kappa shape index (κ1) is 21.5. The van der Waals surface area contributed by atoms with Gasteiger partial charge < -0.3 is 9.73 Å². The summed E-state index contributed by atoms with van der Waals surface area (Å²) < 4.78 is 33.4. The maximum atomic E-state index is 12.7. The smallest absolute Gasteiger partial charge is 0.291 e. The number of fused-ring (bicyclic) bond motifs is 1. The summed E-state index contributed by atoms with van der Waals surface area (Å²) >= 11 is 0. The van der Waals surface area contributed by atoms with E-state index >= 15 is 0 Å². The number of hydrogen-bond donors (Lipinski definition) is 2. The lowest BCUT2D eigenvalue weighted by atomic mass is 10.1. The molecule has 8 nitrogen and oxygen atoms in total. The summed E-state index contributed by atoms with van der Waals surface area (Å²) in [6.07, 6.45) is 0. The van der Waals surface area contributed by atoms with E-state index in [1.165, 1.54) is 24.3 Å². The van der Waals surface area contributed by atoms with E-state index in [4.69, 9.17) is 4.42 Å². The van der Waals surface area contributed by atoms with Crippen LogP contribution in [-0.4, -0.2) is 24.3 Å². The normalized spacial score (nSPS) is 11.5. The topological polar surface area (TPSA) is 114 Å². The van der Waals surface area contributed by atoms with Crippen LogP contribution in [0, 0.1) is 27.7 Å². The molecule has 2 aromatic heterocycles. The third-order valence-corrected chi connectivity index (χ3v) is 6.27. The molecule has 0 unspecified atom stereocenters. The van der Waals surface area contributed by atoms with Crippen LogP contribution in [0.15, 0.2) is 57.8 Å². The highest BCUT2D eigenvalue weighted by Crippen LogP contribution is 2.27. The number of sulfonamides is 1. The monoisotopic (exact) mass is 450 g/mol. The zero-order valence-electron chi connectivity index (χ0n) is 18.1. The van der Waals surface area contributed by atoms with Gasteiger partial charge >= 0.3 is 0 Å². The first-order valence-corrected chi connectivity index (χ1v) is 11.4. The Morgan fingerprint density at radius 1 is 0.906 bits per heavy atom. The van der Waals surface area contributed by atoms with Crippen molar-refractivity contribution in [3.8, 4) is 0 Å². The molecule has 0 aliphatic carbocycles. The van der Waals surface area contributed by atoms with E-state index in [1.807, 2.05) is 32.0 Å². The first-order chi connectivity index (χ1) is 15.1. The van der Waals surface area contributed by atoms with E-state index < -0.39 is 15.9 Å². The maximum absolute atomic E-state index is 12.7.